The predicted octanol–water partition coefficient (Wildman–Crippen LogP) is 3.87. The fourth-order valence-corrected chi connectivity index (χ4v) is 3.52. The quantitative estimate of drug-likeness (QED) is 0.844. The number of thiophene rings is 1. The maximum atomic E-state index is 14.9. The molecule has 6 heteroatoms. The number of rotatable bonds is 4. The molecule has 2 heterocycles. The van der Waals surface area contributed by atoms with E-state index in [9.17, 15) is 14.0 Å². The summed E-state index contributed by atoms with van der Waals surface area (Å²) in [6, 6.07) is 9.35. The Hall–Kier alpha value is -2.47. The van der Waals surface area contributed by atoms with Crippen LogP contribution in [-0.4, -0.2) is 35.5 Å². The molecule has 130 valence electrons. The number of nitrogens with one attached hydrogen (secondary N) is 1. The molecule has 1 aromatic carbocycles. The van der Waals surface area contributed by atoms with Crippen molar-refractivity contribution < 1.29 is 14.0 Å². The van der Waals surface area contributed by atoms with E-state index in [-0.39, 0.29) is 31.8 Å². The van der Waals surface area contributed by atoms with Crippen molar-refractivity contribution in [3.05, 3.63) is 53.7 Å². The monoisotopic (exact) mass is 358 g/mol. The first-order valence-corrected chi connectivity index (χ1v) is 9.00. The molecule has 25 heavy (non-hydrogen) atoms. The second kappa shape index (κ2) is 7.19. The number of anilines is 1. The summed E-state index contributed by atoms with van der Waals surface area (Å²) in [5.41, 5.74) is 0.768. The number of amides is 2. The topological polar surface area (TPSA) is 49.4 Å². The lowest BCUT2D eigenvalue weighted by Gasteiger charge is -2.34. The minimum Gasteiger partial charge on any atom is -0.339 e. The van der Waals surface area contributed by atoms with Crippen LogP contribution in [0.25, 0.3) is 11.1 Å². The fraction of sp³-hybridized carbons (Fsp3) is 0.263. The van der Waals surface area contributed by atoms with Crippen molar-refractivity contribution in [2.45, 2.75) is 18.5 Å². The van der Waals surface area contributed by atoms with Gasteiger partial charge in [0, 0.05) is 31.6 Å². The highest BCUT2D eigenvalue weighted by Crippen LogP contribution is 2.29. The second-order valence-corrected chi connectivity index (χ2v) is 6.82. The molecule has 1 saturated heterocycles. The Labute approximate surface area is 150 Å². The van der Waals surface area contributed by atoms with Crippen molar-refractivity contribution in [3.63, 3.8) is 0 Å². The highest BCUT2D eigenvalue weighted by molar-refractivity contribution is 7.08. The summed E-state index contributed by atoms with van der Waals surface area (Å²) in [5, 5.41) is 6.69. The van der Waals surface area contributed by atoms with Gasteiger partial charge in [0.2, 0.25) is 5.91 Å². The number of benzene rings is 1. The van der Waals surface area contributed by atoms with Crippen LogP contribution in [0.15, 0.2) is 53.7 Å². The van der Waals surface area contributed by atoms with Crippen molar-refractivity contribution >= 4 is 28.8 Å². The average molecular weight is 358 g/mol. The van der Waals surface area contributed by atoms with Gasteiger partial charge in [-0.15, -0.1) is 0 Å². The minimum atomic E-state index is -1.95. The standard InChI is InChI=1S/C19H19FN2O2S/c1-2-17(23)22-10-8-19(20,9-11-22)18(24)21-16-5-3-14(4-6-16)15-7-12-25-13-15/h2-7,12-13H,1,8-11H2,(H,21,24). The van der Waals surface area contributed by atoms with Crippen molar-refractivity contribution in [3.8, 4) is 11.1 Å². The number of hydrogen-bond acceptors (Lipinski definition) is 3. The third-order valence-electron chi connectivity index (χ3n) is 4.45. The SMILES string of the molecule is C=CC(=O)N1CCC(F)(C(=O)Nc2ccc(-c3ccsc3)cc2)CC1. The number of alkyl halides is 1. The Morgan fingerprint density at radius 2 is 1.84 bits per heavy atom. The Bertz CT molecular complexity index is 763. The molecule has 2 aromatic rings. The number of piperidine rings is 1. The zero-order valence-electron chi connectivity index (χ0n) is 13.7. The van der Waals surface area contributed by atoms with E-state index in [2.05, 4.69) is 11.9 Å². The Kier molecular flexibility index (Phi) is 4.99. The average Bonchev–Trinajstić information content (AvgIpc) is 3.17. The smallest absolute Gasteiger partial charge is 0.262 e. The maximum Gasteiger partial charge on any atom is 0.262 e. The molecule has 4 nitrogen and oxygen atoms in total. The summed E-state index contributed by atoms with van der Waals surface area (Å²) < 4.78 is 14.9. The molecule has 3 rings (SSSR count). The molecule has 1 aromatic heterocycles. The van der Waals surface area contributed by atoms with Crippen LogP contribution in [0.5, 0.6) is 0 Å². The van der Waals surface area contributed by atoms with Gasteiger partial charge in [0.1, 0.15) is 0 Å². The van der Waals surface area contributed by atoms with Crippen molar-refractivity contribution in [1.82, 2.24) is 4.90 Å². The fourth-order valence-electron chi connectivity index (χ4n) is 2.86. The molecule has 2 amide bonds. The van der Waals surface area contributed by atoms with Gasteiger partial charge in [0.25, 0.3) is 5.91 Å². The van der Waals surface area contributed by atoms with E-state index in [1.54, 1.807) is 23.5 Å². The van der Waals surface area contributed by atoms with E-state index in [0.29, 0.717) is 5.69 Å². The molecule has 1 fully saturated rings. The normalized spacial score (nSPS) is 16.3. The summed E-state index contributed by atoms with van der Waals surface area (Å²) >= 11 is 1.62. The number of carbonyl (C=O) groups is 2. The van der Waals surface area contributed by atoms with Crippen LogP contribution in [-0.2, 0) is 9.59 Å². The first-order valence-electron chi connectivity index (χ1n) is 8.06. The second-order valence-electron chi connectivity index (χ2n) is 6.04. The first kappa shape index (κ1) is 17.4. The Morgan fingerprint density at radius 3 is 2.40 bits per heavy atom. The molecule has 0 radical (unpaired) electrons. The molecule has 1 N–H and O–H groups in total. The molecule has 0 spiro atoms. The van der Waals surface area contributed by atoms with E-state index in [4.69, 9.17) is 0 Å². The van der Waals surface area contributed by atoms with E-state index < -0.39 is 11.6 Å². The highest BCUT2D eigenvalue weighted by atomic mass is 32.1. The highest BCUT2D eigenvalue weighted by Gasteiger charge is 2.42. The lowest BCUT2D eigenvalue weighted by atomic mass is 9.92. The largest absolute Gasteiger partial charge is 0.339 e. The molecule has 0 bridgehead atoms. The van der Waals surface area contributed by atoms with Gasteiger partial charge in [-0.25, -0.2) is 4.39 Å². The van der Waals surface area contributed by atoms with Gasteiger partial charge < -0.3 is 10.2 Å². The van der Waals surface area contributed by atoms with Crippen LogP contribution in [0, 0.1) is 0 Å². The lowest BCUT2D eigenvalue weighted by molar-refractivity contribution is -0.136. The molecular formula is C19H19FN2O2S. The van der Waals surface area contributed by atoms with E-state index in [1.165, 1.54) is 11.0 Å². The summed E-state index contributed by atoms with van der Waals surface area (Å²) in [5.74, 6) is -0.882. The summed E-state index contributed by atoms with van der Waals surface area (Å²) in [7, 11) is 0. The molecule has 1 aliphatic rings. The van der Waals surface area contributed by atoms with Crippen LogP contribution >= 0.6 is 11.3 Å². The Morgan fingerprint density at radius 1 is 1.16 bits per heavy atom. The number of nitrogens with zero attached hydrogens (tertiary/aromatic N) is 1. The number of carbonyl (C=O) groups excluding carboxylic acids is 2. The van der Waals surface area contributed by atoms with Gasteiger partial charge in [-0.1, -0.05) is 18.7 Å². The van der Waals surface area contributed by atoms with E-state index in [0.717, 1.165) is 11.1 Å². The van der Waals surface area contributed by atoms with Crippen LogP contribution in [0.1, 0.15) is 12.8 Å². The van der Waals surface area contributed by atoms with Crippen molar-refractivity contribution in [2.75, 3.05) is 18.4 Å². The molecule has 1 aliphatic heterocycles. The zero-order valence-corrected chi connectivity index (χ0v) is 14.5. The van der Waals surface area contributed by atoms with Crippen molar-refractivity contribution in [2.24, 2.45) is 0 Å². The Balaban J connectivity index is 1.62. The van der Waals surface area contributed by atoms with Gasteiger partial charge in [-0.3, -0.25) is 9.59 Å². The van der Waals surface area contributed by atoms with Gasteiger partial charge >= 0.3 is 0 Å². The molecule has 0 unspecified atom stereocenters. The molecular weight excluding hydrogens is 339 g/mol. The molecule has 0 aliphatic carbocycles. The summed E-state index contributed by atoms with van der Waals surface area (Å²) in [6.07, 6.45) is 1.19. The summed E-state index contributed by atoms with van der Waals surface area (Å²) in [4.78, 5) is 25.4. The lowest BCUT2D eigenvalue weighted by Crippen LogP contribution is -2.50. The van der Waals surface area contributed by atoms with Crippen LogP contribution in [0.4, 0.5) is 10.1 Å². The van der Waals surface area contributed by atoms with Crippen LogP contribution < -0.4 is 5.32 Å². The van der Waals surface area contributed by atoms with Crippen LogP contribution in [0.2, 0.25) is 0 Å². The van der Waals surface area contributed by atoms with Gasteiger partial charge in [-0.05, 0) is 46.2 Å². The number of hydrogen-bond donors (Lipinski definition) is 1. The third-order valence-corrected chi connectivity index (χ3v) is 5.13. The maximum absolute atomic E-state index is 14.9. The molecule has 0 atom stereocenters. The number of likely N-dealkylation sites (tertiary alicyclic amines) is 1. The van der Waals surface area contributed by atoms with Crippen LogP contribution in [0.3, 0.4) is 0 Å². The first-order chi connectivity index (χ1) is 12.0. The van der Waals surface area contributed by atoms with Gasteiger partial charge in [0.15, 0.2) is 5.67 Å². The summed E-state index contributed by atoms with van der Waals surface area (Å²) in [6.45, 7) is 3.85. The van der Waals surface area contributed by atoms with Crippen molar-refractivity contribution in [1.29, 1.82) is 0 Å². The minimum absolute atomic E-state index is 0.00853. The van der Waals surface area contributed by atoms with Gasteiger partial charge in [0.05, 0.1) is 0 Å². The zero-order chi connectivity index (χ0) is 17.9. The van der Waals surface area contributed by atoms with Gasteiger partial charge in [-0.2, -0.15) is 11.3 Å². The third kappa shape index (κ3) is 3.79. The number of halogens is 1. The predicted molar refractivity (Wildman–Crippen MR) is 98.2 cm³/mol. The van der Waals surface area contributed by atoms with E-state index >= 15 is 0 Å². The van der Waals surface area contributed by atoms with E-state index in [1.807, 2.05) is 29.0 Å². The molecule has 0 saturated carbocycles.